The average Bonchev–Trinajstić information content (AvgIpc) is 4.12. The lowest BCUT2D eigenvalue weighted by Gasteiger charge is -2.24. The maximum absolute atomic E-state index is 10.6. The summed E-state index contributed by atoms with van der Waals surface area (Å²) in [5, 5.41) is 42.6. The van der Waals surface area contributed by atoms with Gasteiger partial charge in [-0.25, -0.2) is 4.52 Å². The summed E-state index contributed by atoms with van der Waals surface area (Å²) in [7, 11) is 0. The van der Waals surface area contributed by atoms with Crippen LogP contribution in [0.2, 0.25) is 10.0 Å². The molecule has 10 rings (SSSR count). The van der Waals surface area contributed by atoms with Crippen molar-refractivity contribution in [2.24, 2.45) is 0 Å². The zero-order valence-electron chi connectivity index (χ0n) is 34.4. The van der Waals surface area contributed by atoms with Crippen molar-refractivity contribution in [2.45, 2.75) is 71.6 Å². The van der Waals surface area contributed by atoms with Gasteiger partial charge >= 0.3 is 5.82 Å². The number of pyridine rings is 4. The minimum absolute atomic E-state index is 0.177. The van der Waals surface area contributed by atoms with Crippen LogP contribution in [-0.4, -0.2) is 69.8 Å². The van der Waals surface area contributed by atoms with E-state index < -0.39 is 0 Å². The summed E-state index contributed by atoms with van der Waals surface area (Å²) in [5.74, 6) is 0.613. The molecule has 3 atom stereocenters. The number of hydrogen-bond donors (Lipinski definition) is 2. The van der Waals surface area contributed by atoms with Gasteiger partial charge in [-0.15, -0.1) is 16.4 Å². The second-order valence-corrected chi connectivity index (χ2v) is 19.2. The monoisotopic (exact) mass is 911 g/mol. The molecule has 8 aromatic rings. The SMILES string of the molecule is Cc1c(-c2cc(Sc3ccc(-[n+]4cc(C#N)c5c(S[C@H](C)c6c(Cl)cncc6Cl)cc(-c6cnn([C@H]7CCCNC7)c6)cn54)nc3)c3c(C#N)cnn3c2)cnn1[C@H]1CCCNC1. The number of halogens is 2. The van der Waals surface area contributed by atoms with Crippen LogP contribution in [0.5, 0.6) is 0 Å². The lowest BCUT2D eigenvalue weighted by molar-refractivity contribution is -0.670. The van der Waals surface area contributed by atoms with Crippen molar-refractivity contribution in [1.82, 2.24) is 54.3 Å². The second kappa shape index (κ2) is 17.4. The highest BCUT2D eigenvalue weighted by atomic mass is 35.5. The van der Waals surface area contributed by atoms with E-state index in [0.717, 1.165) is 111 Å². The molecule has 0 amide bonds. The summed E-state index contributed by atoms with van der Waals surface area (Å²) in [6.45, 7) is 7.98. The van der Waals surface area contributed by atoms with Gasteiger partial charge in [-0.2, -0.15) is 30.3 Å². The molecule has 2 fully saturated rings. The van der Waals surface area contributed by atoms with Gasteiger partial charge in [0, 0.05) is 92.5 Å². The van der Waals surface area contributed by atoms with E-state index in [-0.39, 0.29) is 11.3 Å². The molecular formula is C45H41Cl2N14S2+. The molecule has 0 saturated carbocycles. The Morgan fingerprint density at radius 1 is 0.810 bits per heavy atom. The number of nitrogens with one attached hydrogen (secondary N) is 2. The van der Waals surface area contributed by atoms with Gasteiger partial charge in [0.1, 0.15) is 29.4 Å². The van der Waals surface area contributed by atoms with E-state index in [2.05, 4.69) is 67.5 Å². The fraction of sp³-hybridized carbons (Fsp3) is 0.289. The zero-order valence-corrected chi connectivity index (χ0v) is 37.6. The molecule has 63 heavy (non-hydrogen) atoms. The van der Waals surface area contributed by atoms with E-state index in [1.54, 1.807) is 34.9 Å². The molecule has 0 aromatic carbocycles. The maximum Gasteiger partial charge on any atom is 0.346 e. The summed E-state index contributed by atoms with van der Waals surface area (Å²) in [6.07, 6.45) is 22.7. The Hall–Kier alpha value is -5.72. The summed E-state index contributed by atoms with van der Waals surface area (Å²) in [6, 6.07) is 13.5. The van der Waals surface area contributed by atoms with Crippen LogP contribution in [0.3, 0.4) is 0 Å². The number of nitrogens with zero attached hydrogens (tertiary/aromatic N) is 12. The number of thioether (sulfide) groups is 1. The van der Waals surface area contributed by atoms with Crippen LogP contribution in [0.4, 0.5) is 0 Å². The van der Waals surface area contributed by atoms with Crippen molar-refractivity contribution in [2.75, 3.05) is 26.2 Å². The molecular weight excluding hydrogens is 872 g/mol. The van der Waals surface area contributed by atoms with Gasteiger partial charge in [-0.1, -0.05) is 35.0 Å². The third-order valence-electron chi connectivity index (χ3n) is 11.9. The number of piperidine rings is 2. The second-order valence-electron chi connectivity index (χ2n) is 15.9. The molecule has 2 aliphatic rings. The van der Waals surface area contributed by atoms with Gasteiger partial charge in [0.2, 0.25) is 0 Å². The quantitative estimate of drug-likeness (QED) is 0.100. The van der Waals surface area contributed by atoms with Crippen LogP contribution in [0.25, 0.3) is 39.1 Å². The molecule has 2 aliphatic heterocycles. The Bertz CT molecular complexity index is 3070. The average molecular weight is 913 g/mol. The highest BCUT2D eigenvalue weighted by Crippen LogP contribution is 2.44. The number of nitriles is 2. The van der Waals surface area contributed by atoms with Gasteiger partial charge in [0.05, 0.1) is 62.9 Å². The van der Waals surface area contributed by atoms with E-state index in [1.807, 2.05) is 65.4 Å². The van der Waals surface area contributed by atoms with Crippen LogP contribution in [0, 0.1) is 29.6 Å². The summed E-state index contributed by atoms with van der Waals surface area (Å²) >= 11 is 16.4. The number of rotatable bonds is 10. The van der Waals surface area contributed by atoms with E-state index >= 15 is 0 Å². The first-order chi connectivity index (χ1) is 30.8. The van der Waals surface area contributed by atoms with Crippen molar-refractivity contribution in [3.8, 4) is 40.2 Å². The van der Waals surface area contributed by atoms with Crippen molar-refractivity contribution in [3.05, 3.63) is 119 Å². The lowest BCUT2D eigenvalue weighted by atomic mass is 10.1. The summed E-state index contributed by atoms with van der Waals surface area (Å²) in [4.78, 5) is 11.7. The van der Waals surface area contributed by atoms with Crippen molar-refractivity contribution in [3.63, 3.8) is 0 Å². The standard InChI is InChI=1S/C45H41Cl2N14S2/c1-27-37(20-56-61(27)35-6-4-10-51-18-35)30-12-40(44-31(13-48)15-55-58(44)23-30)63-36-7-8-42(53-19-36)59-26-32(14-49)45-41(62-28(2)43-38(46)21-52-22-39(43)47)11-29(25-60(45)59)33-16-54-57(24-33)34-5-3-9-50-17-34/h7-8,11-12,15-16,19-26,28,34-35,50-51H,3-6,9-10,17-18H2,1-2H3/q+1/t28-,34+,35+/m1/s1. The highest BCUT2D eigenvalue weighted by Gasteiger charge is 2.26. The van der Waals surface area contributed by atoms with Crippen molar-refractivity contribution in [1.29, 1.82) is 10.5 Å². The Morgan fingerprint density at radius 3 is 2.29 bits per heavy atom. The molecule has 0 unspecified atom stereocenters. The maximum atomic E-state index is 10.6. The fourth-order valence-electron chi connectivity index (χ4n) is 8.74. The number of hydrogen-bond acceptors (Lipinski definition) is 11. The van der Waals surface area contributed by atoms with E-state index in [0.29, 0.717) is 33.0 Å². The minimum Gasteiger partial charge on any atom is -0.315 e. The lowest BCUT2D eigenvalue weighted by Crippen LogP contribution is -2.37. The van der Waals surface area contributed by atoms with Gasteiger partial charge in [0.15, 0.2) is 6.20 Å². The molecule has 0 bridgehead atoms. The van der Waals surface area contributed by atoms with Gasteiger partial charge in [-0.05, 0) is 75.8 Å². The Morgan fingerprint density at radius 2 is 1.57 bits per heavy atom. The van der Waals surface area contributed by atoms with Gasteiger partial charge in [-0.3, -0.25) is 14.3 Å². The first kappa shape index (κ1) is 41.3. The number of fused-ring (bicyclic) bond motifs is 2. The highest BCUT2D eigenvalue weighted by molar-refractivity contribution is 8.00. The predicted molar refractivity (Wildman–Crippen MR) is 243 cm³/mol. The Kier molecular flexibility index (Phi) is 11.4. The predicted octanol–water partition coefficient (Wildman–Crippen LogP) is 8.59. The number of aromatic nitrogens is 10. The molecule has 0 spiro atoms. The first-order valence-corrected chi connectivity index (χ1v) is 23.3. The van der Waals surface area contributed by atoms with Crippen LogP contribution in [0.1, 0.15) is 72.3 Å². The first-order valence-electron chi connectivity index (χ1n) is 20.8. The molecule has 0 aliphatic carbocycles. The van der Waals surface area contributed by atoms with Crippen LogP contribution in [0.15, 0.2) is 101 Å². The van der Waals surface area contributed by atoms with Gasteiger partial charge < -0.3 is 10.6 Å². The van der Waals surface area contributed by atoms with Crippen LogP contribution >= 0.6 is 46.7 Å². The van der Waals surface area contributed by atoms with Crippen LogP contribution < -0.4 is 15.3 Å². The van der Waals surface area contributed by atoms with E-state index in [4.69, 9.17) is 38.4 Å². The van der Waals surface area contributed by atoms with E-state index in [9.17, 15) is 10.5 Å². The van der Waals surface area contributed by atoms with E-state index in [1.165, 1.54) is 11.8 Å². The molecule has 10 heterocycles. The topological polar surface area (TPSA) is 159 Å². The molecule has 8 aromatic heterocycles. The largest absolute Gasteiger partial charge is 0.346 e. The third-order valence-corrected chi connectivity index (χ3v) is 14.7. The smallest absolute Gasteiger partial charge is 0.315 e. The van der Waals surface area contributed by atoms with Crippen molar-refractivity contribution < 1.29 is 4.68 Å². The minimum atomic E-state index is -0.177. The normalized spacial score (nSPS) is 17.2. The molecule has 2 saturated heterocycles. The Labute approximate surface area is 381 Å². The van der Waals surface area contributed by atoms with Gasteiger partial charge in [0.25, 0.3) is 0 Å². The molecule has 2 N–H and O–H groups in total. The molecule has 14 nitrogen and oxygen atoms in total. The summed E-state index contributed by atoms with van der Waals surface area (Å²) in [5.41, 5.74) is 8.15. The fourth-order valence-corrected chi connectivity index (χ4v) is 11.8. The molecule has 0 radical (unpaired) electrons. The Balaban J connectivity index is 1.03. The molecule has 316 valence electrons. The van der Waals surface area contributed by atoms with Crippen molar-refractivity contribution >= 4 is 57.8 Å². The third kappa shape index (κ3) is 7.86. The zero-order chi connectivity index (χ0) is 43.2. The summed E-state index contributed by atoms with van der Waals surface area (Å²) < 4.78 is 9.84. The molecule has 18 heteroatoms. The van der Waals surface area contributed by atoms with Crippen LogP contribution in [-0.2, 0) is 0 Å².